The van der Waals surface area contributed by atoms with Crippen molar-refractivity contribution in [3.63, 3.8) is 0 Å². The van der Waals surface area contributed by atoms with E-state index < -0.39 is 0 Å². The number of piperidine rings is 1. The molecule has 2 rings (SSSR count). The molecule has 2 fully saturated rings. The van der Waals surface area contributed by atoms with E-state index in [4.69, 9.17) is 0 Å². The maximum Gasteiger partial charge on any atom is 0.0220 e. The SMILES string of the molecule is CCCC1CCN(C2CCCCNC2)CC1. The Morgan fingerprint density at radius 1 is 1.12 bits per heavy atom. The molecule has 16 heavy (non-hydrogen) atoms. The summed E-state index contributed by atoms with van der Waals surface area (Å²) >= 11 is 0. The van der Waals surface area contributed by atoms with Gasteiger partial charge < -0.3 is 5.32 Å². The van der Waals surface area contributed by atoms with Crippen molar-refractivity contribution >= 4 is 0 Å². The average molecular weight is 224 g/mol. The molecule has 0 saturated carbocycles. The van der Waals surface area contributed by atoms with Crippen LogP contribution in [-0.4, -0.2) is 37.1 Å². The first-order valence-electron chi connectivity index (χ1n) is 7.35. The van der Waals surface area contributed by atoms with Gasteiger partial charge in [-0.1, -0.05) is 26.2 Å². The van der Waals surface area contributed by atoms with Gasteiger partial charge in [0.2, 0.25) is 0 Å². The Labute approximate surface area is 101 Å². The summed E-state index contributed by atoms with van der Waals surface area (Å²) in [5.41, 5.74) is 0. The molecule has 0 bridgehead atoms. The Hall–Kier alpha value is -0.0800. The van der Waals surface area contributed by atoms with Gasteiger partial charge in [0.05, 0.1) is 0 Å². The monoisotopic (exact) mass is 224 g/mol. The predicted molar refractivity (Wildman–Crippen MR) is 69.7 cm³/mol. The van der Waals surface area contributed by atoms with E-state index in [2.05, 4.69) is 17.1 Å². The third-order valence-electron chi connectivity index (χ3n) is 4.38. The highest BCUT2D eigenvalue weighted by Crippen LogP contribution is 2.24. The van der Waals surface area contributed by atoms with Gasteiger partial charge >= 0.3 is 0 Å². The van der Waals surface area contributed by atoms with E-state index in [1.165, 1.54) is 71.1 Å². The Bertz CT molecular complexity index is 177. The van der Waals surface area contributed by atoms with Crippen molar-refractivity contribution in [3.05, 3.63) is 0 Å². The summed E-state index contributed by atoms with van der Waals surface area (Å²) in [6.45, 7) is 7.51. The minimum Gasteiger partial charge on any atom is -0.315 e. The van der Waals surface area contributed by atoms with Crippen molar-refractivity contribution in [3.8, 4) is 0 Å². The van der Waals surface area contributed by atoms with Crippen LogP contribution in [0.4, 0.5) is 0 Å². The van der Waals surface area contributed by atoms with E-state index in [-0.39, 0.29) is 0 Å². The molecule has 1 atom stereocenters. The molecule has 2 heterocycles. The molecular weight excluding hydrogens is 196 g/mol. The standard InChI is InChI=1S/C14H28N2/c1-2-5-13-7-10-16(11-8-13)14-6-3-4-9-15-12-14/h13-15H,2-12H2,1H3. The van der Waals surface area contributed by atoms with Crippen LogP contribution in [0.25, 0.3) is 0 Å². The van der Waals surface area contributed by atoms with E-state index in [1.807, 2.05) is 0 Å². The molecule has 0 spiro atoms. The summed E-state index contributed by atoms with van der Waals surface area (Å²) in [4.78, 5) is 2.75. The lowest BCUT2D eigenvalue weighted by molar-refractivity contribution is 0.124. The van der Waals surface area contributed by atoms with Crippen LogP contribution in [0.1, 0.15) is 51.9 Å². The van der Waals surface area contributed by atoms with E-state index in [1.54, 1.807) is 0 Å². The number of nitrogens with one attached hydrogen (secondary N) is 1. The average Bonchev–Trinajstić information content (AvgIpc) is 2.59. The van der Waals surface area contributed by atoms with Gasteiger partial charge in [-0.2, -0.15) is 0 Å². The van der Waals surface area contributed by atoms with Gasteiger partial charge in [-0.3, -0.25) is 4.90 Å². The Morgan fingerprint density at radius 2 is 1.94 bits per heavy atom. The van der Waals surface area contributed by atoms with E-state index in [0.717, 1.165) is 12.0 Å². The third-order valence-corrected chi connectivity index (χ3v) is 4.38. The number of nitrogens with zero attached hydrogens (tertiary/aromatic N) is 1. The Kier molecular flexibility index (Phi) is 5.11. The quantitative estimate of drug-likeness (QED) is 0.793. The molecule has 0 radical (unpaired) electrons. The van der Waals surface area contributed by atoms with Crippen LogP contribution >= 0.6 is 0 Å². The fourth-order valence-electron chi connectivity index (χ4n) is 3.33. The van der Waals surface area contributed by atoms with Gasteiger partial charge in [0.1, 0.15) is 0 Å². The summed E-state index contributed by atoms with van der Waals surface area (Å²) in [5, 5.41) is 3.59. The number of hydrogen-bond acceptors (Lipinski definition) is 2. The molecule has 2 saturated heterocycles. The van der Waals surface area contributed by atoms with Crippen LogP contribution < -0.4 is 5.32 Å². The first-order valence-corrected chi connectivity index (χ1v) is 7.35. The maximum absolute atomic E-state index is 3.59. The topological polar surface area (TPSA) is 15.3 Å². The Balaban J connectivity index is 1.74. The van der Waals surface area contributed by atoms with Crippen molar-refractivity contribution in [2.24, 2.45) is 5.92 Å². The normalized spacial score (nSPS) is 30.2. The van der Waals surface area contributed by atoms with Gasteiger partial charge in [-0.05, 0) is 51.2 Å². The lowest BCUT2D eigenvalue weighted by Crippen LogP contribution is -2.45. The molecular formula is C14H28N2. The molecule has 1 N–H and O–H groups in total. The molecule has 0 aromatic rings. The lowest BCUT2D eigenvalue weighted by atomic mass is 9.91. The van der Waals surface area contributed by atoms with Crippen LogP contribution in [-0.2, 0) is 0 Å². The summed E-state index contributed by atoms with van der Waals surface area (Å²) in [6, 6.07) is 0.838. The summed E-state index contributed by atoms with van der Waals surface area (Å²) in [6.07, 6.45) is 9.95. The zero-order valence-electron chi connectivity index (χ0n) is 10.9. The number of hydrogen-bond donors (Lipinski definition) is 1. The van der Waals surface area contributed by atoms with Crippen LogP contribution in [0, 0.1) is 5.92 Å². The molecule has 94 valence electrons. The minimum atomic E-state index is 0.838. The second-order valence-corrected chi connectivity index (χ2v) is 5.62. The molecule has 2 aliphatic rings. The van der Waals surface area contributed by atoms with Gasteiger partial charge in [0.25, 0.3) is 0 Å². The Morgan fingerprint density at radius 3 is 2.69 bits per heavy atom. The fourth-order valence-corrected chi connectivity index (χ4v) is 3.33. The molecule has 0 aliphatic carbocycles. The van der Waals surface area contributed by atoms with E-state index in [0.29, 0.717) is 0 Å². The zero-order chi connectivity index (χ0) is 11.2. The third kappa shape index (κ3) is 3.46. The summed E-state index contributed by atoms with van der Waals surface area (Å²) < 4.78 is 0. The second-order valence-electron chi connectivity index (χ2n) is 5.62. The largest absolute Gasteiger partial charge is 0.315 e. The van der Waals surface area contributed by atoms with Gasteiger partial charge in [0, 0.05) is 12.6 Å². The van der Waals surface area contributed by atoms with Crippen molar-refractivity contribution in [1.29, 1.82) is 0 Å². The molecule has 2 aliphatic heterocycles. The lowest BCUT2D eigenvalue weighted by Gasteiger charge is -2.37. The highest BCUT2D eigenvalue weighted by atomic mass is 15.2. The van der Waals surface area contributed by atoms with Crippen molar-refractivity contribution < 1.29 is 0 Å². The van der Waals surface area contributed by atoms with Crippen molar-refractivity contribution in [1.82, 2.24) is 10.2 Å². The van der Waals surface area contributed by atoms with Crippen molar-refractivity contribution in [2.75, 3.05) is 26.2 Å². The van der Waals surface area contributed by atoms with E-state index in [9.17, 15) is 0 Å². The summed E-state index contributed by atoms with van der Waals surface area (Å²) in [5.74, 6) is 1.03. The molecule has 0 aromatic carbocycles. The van der Waals surface area contributed by atoms with Crippen LogP contribution in [0.2, 0.25) is 0 Å². The molecule has 0 amide bonds. The van der Waals surface area contributed by atoms with Crippen LogP contribution in [0.15, 0.2) is 0 Å². The van der Waals surface area contributed by atoms with Crippen LogP contribution in [0.3, 0.4) is 0 Å². The maximum atomic E-state index is 3.59. The first kappa shape index (κ1) is 12.4. The molecule has 1 unspecified atom stereocenters. The highest BCUT2D eigenvalue weighted by Gasteiger charge is 2.24. The number of rotatable bonds is 3. The summed E-state index contributed by atoms with van der Waals surface area (Å²) in [7, 11) is 0. The number of likely N-dealkylation sites (tertiary alicyclic amines) is 1. The zero-order valence-corrected chi connectivity index (χ0v) is 10.9. The fraction of sp³-hybridized carbons (Fsp3) is 1.00. The molecule has 2 heteroatoms. The van der Waals surface area contributed by atoms with Crippen molar-refractivity contribution in [2.45, 2.75) is 57.9 Å². The molecule has 2 nitrogen and oxygen atoms in total. The second kappa shape index (κ2) is 6.61. The van der Waals surface area contributed by atoms with Gasteiger partial charge in [0.15, 0.2) is 0 Å². The predicted octanol–water partition coefficient (Wildman–Crippen LogP) is 2.64. The smallest absolute Gasteiger partial charge is 0.0220 e. The molecule has 0 aromatic heterocycles. The van der Waals surface area contributed by atoms with Crippen LogP contribution in [0.5, 0.6) is 0 Å². The minimum absolute atomic E-state index is 0.838. The van der Waals surface area contributed by atoms with Gasteiger partial charge in [-0.25, -0.2) is 0 Å². The highest BCUT2D eigenvalue weighted by molar-refractivity contribution is 4.81. The van der Waals surface area contributed by atoms with E-state index >= 15 is 0 Å². The first-order chi connectivity index (χ1) is 7.90. The van der Waals surface area contributed by atoms with Gasteiger partial charge in [-0.15, -0.1) is 0 Å².